The largest absolute Gasteiger partial charge is 0.491 e. The maximum atomic E-state index is 5.70. The number of aryl methyl sites for hydroxylation is 1. The molecular formula is C23H26N4O. The van der Waals surface area contributed by atoms with Crippen LogP contribution in [-0.4, -0.2) is 22.6 Å². The van der Waals surface area contributed by atoms with Crippen molar-refractivity contribution in [2.24, 2.45) is 0 Å². The monoisotopic (exact) mass is 374 g/mol. The zero-order valence-electron chi connectivity index (χ0n) is 16.6. The Bertz CT molecular complexity index is 953. The minimum Gasteiger partial charge on any atom is -0.491 e. The Labute approximate surface area is 166 Å². The van der Waals surface area contributed by atoms with Crippen molar-refractivity contribution in [3.63, 3.8) is 0 Å². The molecule has 28 heavy (non-hydrogen) atoms. The summed E-state index contributed by atoms with van der Waals surface area (Å²) in [4.78, 5) is 11.6. The summed E-state index contributed by atoms with van der Waals surface area (Å²) in [7, 11) is 0. The van der Waals surface area contributed by atoms with Crippen LogP contribution in [0.1, 0.15) is 30.7 Å². The molecule has 1 aliphatic heterocycles. The number of fused-ring (bicyclic) bond motifs is 1. The minimum absolute atomic E-state index is 0.163. The summed E-state index contributed by atoms with van der Waals surface area (Å²) < 4.78 is 5.70. The highest BCUT2D eigenvalue weighted by Crippen LogP contribution is 2.25. The second-order valence-corrected chi connectivity index (χ2v) is 7.45. The molecule has 0 aliphatic carbocycles. The third kappa shape index (κ3) is 4.25. The van der Waals surface area contributed by atoms with Gasteiger partial charge in [-0.3, -0.25) is 0 Å². The highest BCUT2D eigenvalue weighted by molar-refractivity contribution is 5.57. The van der Waals surface area contributed by atoms with Crippen LogP contribution in [0.5, 0.6) is 5.75 Å². The first-order valence-corrected chi connectivity index (χ1v) is 9.78. The van der Waals surface area contributed by atoms with E-state index in [1.165, 1.54) is 11.1 Å². The summed E-state index contributed by atoms with van der Waals surface area (Å²) in [6.07, 6.45) is 1.20. The fourth-order valence-electron chi connectivity index (χ4n) is 3.48. The minimum atomic E-state index is 0.163. The lowest BCUT2D eigenvalue weighted by atomic mass is 10.00. The highest BCUT2D eigenvalue weighted by Gasteiger charge is 2.18. The van der Waals surface area contributed by atoms with Gasteiger partial charge in [-0.2, -0.15) is 4.98 Å². The van der Waals surface area contributed by atoms with E-state index in [0.717, 1.165) is 42.5 Å². The number of ether oxygens (including phenoxy) is 1. The molecule has 0 saturated carbocycles. The van der Waals surface area contributed by atoms with E-state index >= 15 is 0 Å². The maximum absolute atomic E-state index is 5.70. The molecule has 4 rings (SSSR count). The van der Waals surface area contributed by atoms with Gasteiger partial charge in [-0.15, -0.1) is 0 Å². The van der Waals surface area contributed by atoms with E-state index in [1.54, 1.807) is 0 Å². The van der Waals surface area contributed by atoms with E-state index in [1.807, 2.05) is 45.0 Å². The predicted octanol–water partition coefficient (Wildman–Crippen LogP) is 4.88. The summed E-state index contributed by atoms with van der Waals surface area (Å²) in [6, 6.07) is 18.6. The maximum Gasteiger partial charge on any atom is 0.229 e. The molecule has 5 heteroatoms. The Kier molecular flexibility index (Phi) is 5.15. The van der Waals surface area contributed by atoms with Crippen LogP contribution in [0.3, 0.4) is 0 Å². The third-order valence-corrected chi connectivity index (χ3v) is 4.78. The van der Waals surface area contributed by atoms with Crippen molar-refractivity contribution in [2.75, 3.05) is 16.8 Å². The second-order valence-electron chi connectivity index (χ2n) is 7.45. The smallest absolute Gasteiger partial charge is 0.229 e. The molecule has 0 saturated heterocycles. The van der Waals surface area contributed by atoms with Gasteiger partial charge < -0.3 is 15.0 Å². The second kappa shape index (κ2) is 7.89. The van der Waals surface area contributed by atoms with E-state index in [2.05, 4.69) is 45.5 Å². The van der Waals surface area contributed by atoms with E-state index in [4.69, 9.17) is 9.72 Å². The number of anilines is 3. The molecule has 2 heterocycles. The van der Waals surface area contributed by atoms with Crippen LogP contribution in [0.4, 0.5) is 17.5 Å². The van der Waals surface area contributed by atoms with E-state index in [-0.39, 0.29) is 6.10 Å². The fraction of sp³-hybridized carbons (Fsp3) is 0.304. The molecule has 5 nitrogen and oxygen atoms in total. The van der Waals surface area contributed by atoms with Gasteiger partial charge in [0.05, 0.1) is 6.10 Å². The van der Waals surface area contributed by atoms with Gasteiger partial charge in [-0.25, -0.2) is 4.98 Å². The number of aromatic nitrogens is 2. The normalized spacial score (nSPS) is 13.4. The van der Waals surface area contributed by atoms with Gasteiger partial charge in [0.2, 0.25) is 5.95 Å². The summed E-state index contributed by atoms with van der Waals surface area (Å²) in [6.45, 7) is 7.90. The van der Waals surface area contributed by atoms with E-state index in [9.17, 15) is 0 Å². The zero-order valence-corrected chi connectivity index (χ0v) is 16.6. The number of hydrogen-bond acceptors (Lipinski definition) is 5. The van der Waals surface area contributed by atoms with Crippen molar-refractivity contribution < 1.29 is 4.74 Å². The topological polar surface area (TPSA) is 50.3 Å². The van der Waals surface area contributed by atoms with E-state index in [0.29, 0.717) is 5.95 Å². The molecule has 0 bridgehead atoms. The van der Waals surface area contributed by atoms with Crippen LogP contribution in [0.25, 0.3) is 0 Å². The summed E-state index contributed by atoms with van der Waals surface area (Å²) in [5.41, 5.74) is 4.70. The Morgan fingerprint density at radius 1 is 1.00 bits per heavy atom. The third-order valence-electron chi connectivity index (χ3n) is 4.78. The van der Waals surface area contributed by atoms with Gasteiger partial charge in [0.1, 0.15) is 11.6 Å². The van der Waals surface area contributed by atoms with Crippen LogP contribution in [-0.2, 0) is 13.0 Å². The lowest BCUT2D eigenvalue weighted by Crippen LogP contribution is -2.31. The van der Waals surface area contributed by atoms with Crippen LogP contribution in [0.15, 0.2) is 54.6 Å². The predicted molar refractivity (Wildman–Crippen MR) is 113 cm³/mol. The van der Waals surface area contributed by atoms with Gasteiger partial charge in [0.25, 0.3) is 0 Å². The molecule has 0 atom stereocenters. The zero-order chi connectivity index (χ0) is 19.5. The summed E-state index contributed by atoms with van der Waals surface area (Å²) in [5.74, 6) is 2.44. The van der Waals surface area contributed by atoms with Crippen LogP contribution >= 0.6 is 0 Å². The van der Waals surface area contributed by atoms with Crippen molar-refractivity contribution in [3.8, 4) is 5.75 Å². The quantitative estimate of drug-likeness (QED) is 0.690. The van der Waals surface area contributed by atoms with Crippen LogP contribution in [0.2, 0.25) is 0 Å². The van der Waals surface area contributed by atoms with Gasteiger partial charge in [-0.1, -0.05) is 24.3 Å². The van der Waals surface area contributed by atoms with Gasteiger partial charge in [0, 0.05) is 30.5 Å². The number of benzene rings is 2. The van der Waals surface area contributed by atoms with Gasteiger partial charge >= 0.3 is 0 Å². The molecule has 0 amide bonds. The molecule has 1 aliphatic rings. The molecule has 0 fully saturated rings. The first kappa shape index (κ1) is 18.3. The molecule has 3 aromatic rings. The molecule has 1 N–H and O–H groups in total. The Balaban J connectivity index is 1.51. The number of nitrogens with one attached hydrogen (secondary N) is 1. The average molecular weight is 374 g/mol. The molecule has 0 unspecified atom stereocenters. The van der Waals surface area contributed by atoms with Gasteiger partial charge in [-0.05, 0) is 62.6 Å². The highest BCUT2D eigenvalue weighted by atomic mass is 16.5. The molecular weight excluding hydrogens is 348 g/mol. The van der Waals surface area contributed by atoms with Crippen molar-refractivity contribution in [1.82, 2.24) is 9.97 Å². The number of nitrogens with zero attached hydrogens (tertiary/aromatic N) is 3. The lowest BCUT2D eigenvalue weighted by Gasteiger charge is -2.30. The summed E-state index contributed by atoms with van der Waals surface area (Å²) in [5, 5.41) is 3.32. The van der Waals surface area contributed by atoms with Crippen LogP contribution < -0.4 is 15.0 Å². The lowest BCUT2D eigenvalue weighted by molar-refractivity contribution is 0.242. The van der Waals surface area contributed by atoms with Crippen molar-refractivity contribution in [3.05, 3.63) is 71.4 Å². The first-order chi connectivity index (χ1) is 13.6. The molecule has 2 aromatic carbocycles. The number of rotatable bonds is 5. The molecule has 1 aromatic heterocycles. The fourth-order valence-corrected chi connectivity index (χ4v) is 3.48. The first-order valence-electron chi connectivity index (χ1n) is 9.78. The van der Waals surface area contributed by atoms with Crippen molar-refractivity contribution in [1.29, 1.82) is 0 Å². The molecule has 0 radical (unpaired) electrons. The Hall–Kier alpha value is -3.08. The standard InChI is InChI=1S/C23H26N4O/c1-16(2)28-21-10-8-20(9-11-21)25-23-24-17(3)14-22(26-23)27-13-12-18-6-4-5-7-19(18)15-27/h4-11,14,16H,12-13,15H2,1-3H3,(H,24,25,26). The molecule has 144 valence electrons. The average Bonchev–Trinajstić information content (AvgIpc) is 2.68. The van der Waals surface area contributed by atoms with Gasteiger partial charge in [0.15, 0.2) is 0 Å². The van der Waals surface area contributed by atoms with E-state index < -0.39 is 0 Å². The molecule has 0 spiro atoms. The Morgan fingerprint density at radius 3 is 2.50 bits per heavy atom. The SMILES string of the molecule is Cc1cc(N2CCc3ccccc3C2)nc(Nc2ccc(OC(C)C)cc2)n1. The number of hydrogen-bond donors (Lipinski definition) is 1. The summed E-state index contributed by atoms with van der Waals surface area (Å²) >= 11 is 0. The van der Waals surface area contributed by atoms with Crippen LogP contribution in [0, 0.1) is 6.92 Å². The Morgan fingerprint density at radius 2 is 1.75 bits per heavy atom. The van der Waals surface area contributed by atoms with Crippen molar-refractivity contribution >= 4 is 17.5 Å². The van der Waals surface area contributed by atoms with Crippen molar-refractivity contribution in [2.45, 2.75) is 39.8 Å².